The topological polar surface area (TPSA) is 80.1 Å². The number of ether oxygens (including phenoxy) is 1. The highest BCUT2D eigenvalue weighted by molar-refractivity contribution is 6.01. The Labute approximate surface area is 162 Å². The van der Waals surface area contributed by atoms with Crippen molar-refractivity contribution in [3.05, 3.63) is 46.3 Å². The predicted molar refractivity (Wildman–Crippen MR) is 103 cm³/mol. The van der Waals surface area contributed by atoms with E-state index in [4.69, 9.17) is 9.15 Å². The zero-order valence-electron chi connectivity index (χ0n) is 16.0. The highest BCUT2D eigenvalue weighted by Gasteiger charge is 2.53. The van der Waals surface area contributed by atoms with Crippen molar-refractivity contribution in [2.45, 2.75) is 31.2 Å². The van der Waals surface area contributed by atoms with Crippen LogP contribution in [-0.2, 0) is 9.53 Å². The SMILES string of the molecule is COCCN1CCCC2(CCCN2C(=O)c2cc3ccccc3oc2=O)C1=O. The lowest BCUT2D eigenvalue weighted by Crippen LogP contribution is -2.62. The van der Waals surface area contributed by atoms with Crippen LogP contribution in [0, 0.1) is 0 Å². The molecule has 0 N–H and O–H groups in total. The zero-order chi connectivity index (χ0) is 19.7. The van der Waals surface area contributed by atoms with E-state index in [1.807, 2.05) is 6.07 Å². The minimum absolute atomic E-state index is 0.0122. The second kappa shape index (κ2) is 7.39. The zero-order valence-corrected chi connectivity index (χ0v) is 16.0. The van der Waals surface area contributed by atoms with Gasteiger partial charge in [-0.05, 0) is 37.8 Å². The molecule has 2 aliphatic heterocycles. The first-order valence-electron chi connectivity index (χ1n) is 9.70. The first-order chi connectivity index (χ1) is 13.6. The molecule has 0 radical (unpaired) electrons. The lowest BCUT2D eigenvalue weighted by molar-refractivity contribution is -0.146. The van der Waals surface area contributed by atoms with E-state index in [0.29, 0.717) is 50.1 Å². The summed E-state index contributed by atoms with van der Waals surface area (Å²) in [5.41, 5.74) is -1.09. The Hall–Kier alpha value is -2.67. The van der Waals surface area contributed by atoms with Crippen molar-refractivity contribution in [2.24, 2.45) is 0 Å². The number of amides is 2. The molecule has 2 fully saturated rings. The van der Waals surface area contributed by atoms with Gasteiger partial charge < -0.3 is 19.0 Å². The molecule has 3 heterocycles. The van der Waals surface area contributed by atoms with Crippen molar-refractivity contribution in [1.82, 2.24) is 9.80 Å². The maximum atomic E-state index is 13.3. The van der Waals surface area contributed by atoms with Crippen molar-refractivity contribution < 1.29 is 18.7 Å². The number of piperidine rings is 1. The number of nitrogens with zero attached hydrogens (tertiary/aromatic N) is 2. The summed E-state index contributed by atoms with van der Waals surface area (Å²) in [5.74, 6) is -0.453. The molecule has 0 bridgehead atoms. The van der Waals surface area contributed by atoms with Crippen LogP contribution in [0.2, 0.25) is 0 Å². The van der Waals surface area contributed by atoms with Crippen molar-refractivity contribution >= 4 is 22.8 Å². The maximum absolute atomic E-state index is 13.3. The fraction of sp³-hybridized carbons (Fsp3) is 0.476. The number of fused-ring (bicyclic) bond motifs is 1. The lowest BCUT2D eigenvalue weighted by Gasteiger charge is -2.44. The predicted octanol–water partition coefficient (Wildman–Crippen LogP) is 2.04. The Morgan fingerprint density at radius 1 is 1.18 bits per heavy atom. The van der Waals surface area contributed by atoms with Gasteiger partial charge in [0, 0.05) is 32.1 Å². The van der Waals surface area contributed by atoms with Crippen LogP contribution in [0.4, 0.5) is 0 Å². The molecular formula is C21H24N2O5. The third-order valence-electron chi connectivity index (χ3n) is 5.87. The smallest absolute Gasteiger partial charge is 0.349 e. The summed E-state index contributed by atoms with van der Waals surface area (Å²) < 4.78 is 10.5. The quantitative estimate of drug-likeness (QED) is 0.754. The van der Waals surface area contributed by atoms with E-state index in [9.17, 15) is 14.4 Å². The van der Waals surface area contributed by atoms with E-state index in [-0.39, 0.29) is 11.5 Å². The molecule has 7 heteroatoms. The molecule has 2 aliphatic rings. The Morgan fingerprint density at radius 2 is 1.93 bits per heavy atom. The van der Waals surface area contributed by atoms with Gasteiger partial charge in [0.15, 0.2) is 0 Å². The van der Waals surface area contributed by atoms with Gasteiger partial charge in [-0.15, -0.1) is 0 Å². The third kappa shape index (κ3) is 2.99. The van der Waals surface area contributed by atoms with Gasteiger partial charge >= 0.3 is 5.63 Å². The number of benzene rings is 1. The van der Waals surface area contributed by atoms with Crippen LogP contribution in [0.3, 0.4) is 0 Å². The fourth-order valence-corrected chi connectivity index (χ4v) is 4.49. The molecule has 0 saturated carbocycles. The van der Waals surface area contributed by atoms with Gasteiger partial charge in [-0.2, -0.15) is 0 Å². The summed E-state index contributed by atoms with van der Waals surface area (Å²) in [7, 11) is 1.61. The van der Waals surface area contributed by atoms with Gasteiger partial charge in [0.1, 0.15) is 16.7 Å². The molecule has 1 atom stereocenters. The van der Waals surface area contributed by atoms with Crippen LogP contribution >= 0.6 is 0 Å². The van der Waals surface area contributed by atoms with E-state index in [1.165, 1.54) is 0 Å². The molecule has 2 amide bonds. The van der Waals surface area contributed by atoms with Crippen LogP contribution in [-0.4, -0.2) is 60.5 Å². The van der Waals surface area contributed by atoms with E-state index >= 15 is 0 Å². The minimum atomic E-state index is -0.860. The average Bonchev–Trinajstić information content (AvgIpc) is 3.12. The molecule has 1 aromatic heterocycles. The molecule has 1 spiro atoms. The van der Waals surface area contributed by atoms with Gasteiger partial charge in [0.05, 0.1) is 6.61 Å². The maximum Gasteiger partial charge on any atom is 0.349 e. The largest absolute Gasteiger partial charge is 0.422 e. The average molecular weight is 384 g/mol. The first-order valence-corrected chi connectivity index (χ1v) is 9.70. The van der Waals surface area contributed by atoms with E-state index in [0.717, 1.165) is 12.8 Å². The van der Waals surface area contributed by atoms with Gasteiger partial charge in [-0.1, -0.05) is 18.2 Å². The number of methoxy groups -OCH3 is 1. The van der Waals surface area contributed by atoms with Crippen molar-refractivity contribution in [1.29, 1.82) is 0 Å². The highest BCUT2D eigenvalue weighted by atomic mass is 16.5. The Bertz CT molecular complexity index is 969. The number of hydrogen-bond acceptors (Lipinski definition) is 5. The fourth-order valence-electron chi connectivity index (χ4n) is 4.49. The van der Waals surface area contributed by atoms with Crippen LogP contribution < -0.4 is 5.63 Å². The molecule has 7 nitrogen and oxygen atoms in total. The number of likely N-dealkylation sites (tertiary alicyclic amines) is 2. The number of hydrogen-bond donors (Lipinski definition) is 0. The molecule has 28 heavy (non-hydrogen) atoms. The number of carbonyl (C=O) groups excluding carboxylic acids is 2. The monoisotopic (exact) mass is 384 g/mol. The first kappa shape index (κ1) is 18.7. The van der Waals surface area contributed by atoms with Crippen LogP contribution in [0.15, 0.2) is 39.5 Å². The lowest BCUT2D eigenvalue weighted by atomic mass is 9.85. The second-order valence-electron chi connectivity index (χ2n) is 7.47. The number of para-hydroxylation sites is 1. The minimum Gasteiger partial charge on any atom is -0.422 e. The summed E-state index contributed by atoms with van der Waals surface area (Å²) >= 11 is 0. The van der Waals surface area contributed by atoms with Gasteiger partial charge in [0.25, 0.3) is 5.91 Å². The normalized spacial score (nSPS) is 22.4. The Kier molecular flexibility index (Phi) is 4.93. The third-order valence-corrected chi connectivity index (χ3v) is 5.87. The van der Waals surface area contributed by atoms with Gasteiger partial charge in [-0.3, -0.25) is 9.59 Å². The van der Waals surface area contributed by atoms with Gasteiger partial charge in [-0.25, -0.2) is 4.79 Å². The highest BCUT2D eigenvalue weighted by Crippen LogP contribution is 2.39. The molecule has 148 valence electrons. The summed E-state index contributed by atoms with van der Waals surface area (Å²) in [6, 6.07) is 8.67. The Balaban J connectivity index is 1.68. The summed E-state index contributed by atoms with van der Waals surface area (Å²) in [6.07, 6.45) is 2.82. The molecule has 0 aliphatic carbocycles. The number of rotatable bonds is 4. The molecule has 2 aromatic rings. The van der Waals surface area contributed by atoms with Crippen LogP contribution in [0.1, 0.15) is 36.0 Å². The van der Waals surface area contributed by atoms with Crippen molar-refractivity contribution in [3.8, 4) is 0 Å². The van der Waals surface area contributed by atoms with Crippen LogP contribution in [0.25, 0.3) is 11.0 Å². The van der Waals surface area contributed by atoms with Crippen molar-refractivity contribution in [3.63, 3.8) is 0 Å². The standard InChI is InChI=1S/C21H24N2O5/c1-27-13-12-22-10-4-8-21(20(22)26)9-5-11-23(21)18(24)16-14-15-6-2-3-7-17(15)28-19(16)25/h2-3,6-7,14H,4-5,8-13H2,1H3. The Morgan fingerprint density at radius 3 is 2.71 bits per heavy atom. The molecule has 1 aromatic carbocycles. The van der Waals surface area contributed by atoms with Crippen LogP contribution in [0.5, 0.6) is 0 Å². The molecule has 1 unspecified atom stereocenters. The summed E-state index contributed by atoms with van der Waals surface area (Å²) in [5, 5.41) is 0.690. The number of carbonyl (C=O) groups is 2. The molecule has 2 saturated heterocycles. The molecule has 4 rings (SSSR count). The van der Waals surface area contributed by atoms with Gasteiger partial charge in [0.2, 0.25) is 5.91 Å². The van der Waals surface area contributed by atoms with Crippen molar-refractivity contribution in [2.75, 3.05) is 33.4 Å². The summed E-state index contributed by atoms with van der Waals surface area (Å²) in [4.78, 5) is 42.4. The van der Waals surface area contributed by atoms with E-state index in [1.54, 1.807) is 41.2 Å². The van der Waals surface area contributed by atoms with E-state index < -0.39 is 17.1 Å². The molecular weight excluding hydrogens is 360 g/mol. The second-order valence-corrected chi connectivity index (χ2v) is 7.47. The van der Waals surface area contributed by atoms with E-state index in [2.05, 4.69) is 0 Å². The summed E-state index contributed by atoms with van der Waals surface area (Å²) in [6.45, 7) is 2.11.